The summed E-state index contributed by atoms with van der Waals surface area (Å²) < 4.78 is 0. The van der Waals surface area contributed by atoms with Gasteiger partial charge >= 0.3 is 0 Å². The van der Waals surface area contributed by atoms with Gasteiger partial charge in [0, 0.05) is 17.3 Å². The summed E-state index contributed by atoms with van der Waals surface area (Å²) in [7, 11) is 0. The Bertz CT molecular complexity index is 680. The van der Waals surface area contributed by atoms with Crippen LogP contribution < -0.4 is 0 Å². The molecule has 1 N–H and O–H groups in total. The fraction of sp³-hybridized carbons (Fsp3) is 0.562. The number of aromatic amines is 1. The van der Waals surface area contributed by atoms with E-state index in [-0.39, 0.29) is 17.2 Å². The number of carbonyl (C=O) groups is 1. The lowest BCUT2D eigenvalue weighted by Crippen LogP contribution is -2.35. The molecule has 5 nitrogen and oxygen atoms in total. The van der Waals surface area contributed by atoms with Gasteiger partial charge in [-0.15, -0.1) is 16.4 Å². The van der Waals surface area contributed by atoms with Crippen LogP contribution in [0.4, 0.5) is 0 Å². The molecule has 23 heavy (non-hydrogen) atoms. The summed E-state index contributed by atoms with van der Waals surface area (Å²) >= 11 is 3.20. The predicted molar refractivity (Wildman–Crippen MR) is 91.7 cm³/mol. The van der Waals surface area contributed by atoms with Crippen molar-refractivity contribution in [1.82, 2.24) is 20.1 Å². The third-order valence-electron chi connectivity index (χ3n) is 4.48. The largest absolute Gasteiger partial charge is 0.334 e. The highest BCUT2D eigenvalue weighted by Gasteiger charge is 2.34. The van der Waals surface area contributed by atoms with Crippen molar-refractivity contribution in [3.8, 4) is 0 Å². The topological polar surface area (TPSA) is 61.9 Å². The maximum absolute atomic E-state index is 12.9. The van der Waals surface area contributed by atoms with Gasteiger partial charge in [-0.05, 0) is 44.1 Å². The zero-order valence-electron chi connectivity index (χ0n) is 13.1. The van der Waals surface area contributed by atoms with Gasteiger partial charge < -0.3 is 4.90 Å². The van der Waals surface area contributed by atoms with Crippen molar-refractivity contribution in [2.45, 2.75) is 55.0 Å². The molecule has 4 rings (SSSR count). The maximum Gasteiger partial charge on any atom is 0.236 e. The first-order valence-corrected chi connectivity index (χ1v) is 9.91. The summed E-state index contributed by atoms with van der Waals surface area (Å²) in [6.07, 6.45) is 4.54. The SMILES string of the molecule is C[C@@H](Sc1n[nH]c(C2CC2)n1)C(=O)N1CCC[C@@H]1c1cccs1. The fourth-order valence-corrected chi connectivity index (χ4v) is 4.77. The molecule has 0 spiro atoms. The zero-order valence-corrected chi connectivity index (χ0v) is 14.7. The van der Waals surface area contributed by atoms with E-state index in [2.05, 4.69) is 32.7 Å². The first kappa shape index (κ1) is 15.2. The quantitative estimate of drug-likeness (QED) is 0.839. The van der Waals surface area contributed by atoms with Crippen LogP contribution in [-0.4, -0.2) is 37.8 Å². The Morgan fingerprint density at radius 1 is 1.48 bits per heavy atom. The Morgan fingerprint density at radius 2 is 2.35 bits per heavy atom. The summed E-state index contributed by atoms with van der Waals surface area (Å²) in [4.78, 5) is 20.7. The Hall–Kier alpha value is -1.34. The molecule has 2 aromatic rings. The molecule has 2 atom stereocenters. The van der Waals surface area contributed by atoms with E-state index in [0.717, 1.165) is 25.2 Å². The zero-order chi connectivity index (χ0) is 15.8. The Labute approximate surface area is 143 Å². The molecule has 122 valence electrons. The van der Waals surface area contributed by atoms with Crippen LogP contribution in [0, 0.1) is 0 Å². The van der Waals surface area contributed by atoms with Crippen LogP contribution in [0.3, 0.4) is 0 Å². The minimum absolute atomic E-state index is 0.154. The van der Waals surface area contributed by atoms with Crippen molar-refractivity contribution in [1.29, 1.82) is 0 Å². The fourth-order valence-electron chi connectivity index (χ4n) is 3.10. The van der Waals surface area contributed by atoms with Gasteiger partial charge in [-0.2, -0.15) is 0 Å². The predicted octanol–water partition coefficient (Wildman–Crippen LogP) is 3.59. The van der Waals surface area contributed by atoms with E-state index in [9.17, 15) is 4.79 Å². The molecule has 0 bridgehead atoms. The Balaban J connectivity index is 1.42. The van der Waals surface area contributed by atoms with Gasteiger partial charge in [-0.3, -0.25) is 9.89 Å². The number of hydrogen-bond donors (Lipinski definition) is 1. The second kappa shape index (κ2) is 6.28. The van der Waals surface area contributed by atoms with E-state index in [1.165, 1.54) is 29.5 Å². The van der Waals surface area contributed by atoms with Crippen LogP contribution in [0.15, 0.2) is 22.7 Å². The van der Waals surface area contributed by atoms with Gasteiger partial charge in [-0.25, -0.2) is 4.98 Å². The van der Waals surface area contributed by atoms with Gasteiger partial charge in [0.25, 0.3) is 0 Å². The van der Waals surface area contributed by atoms with Gasteiger partial charge in [0.05, 0.1) is 11.3 Å². The van der Waals surface area contributed by atoms with Crippen molar-refractivity contribution in [2.24, 2.45) is 0 Å². The molecule has 2 aliphatic rings. The number of thiophene rings is 1. The monoisotopic (exact) mass is 348 g/mol. The van der Waals surface area contributed by atoms with Gasteiger partial charge in [0.2, 0.25) is 11.1 Å². The highest BCUT2D eigenvalue weighted by molar-refractivity contribution is 8.00. The number of hydrogen-bond acceptors (Lipinski definition) is 5. The van der Waals surface area contributed by atoms with Crippen molar-refractivity contribution in [2.75, 3.05) is 6.54 Å². The number of carbonyl (C=O) groups excluding carboxylic acids is 1. The number of aromatic nitrogens is 3. The normalized spacial score (nSPS) is 22.5. The number of nitrogens with one attached hydrogen (secondary N) is 1. The summed E-state index contributed by atoms with van der Waals surface area (Å²) in [5.41, 5.74) is 0. The smallest absolute Gasteiger partial charge is 0.236 e. The lowest BCUT2D eigenvalue weighted by atomic mass is 10.2. The highest BCUT2D eigenvalue weighted by atomic mass is 32.2. The summed E-state index contributed by atoms with van der Waals surface area (Å²) in [5.74, 6) is 1.73. The lowest BCUT2D eigenvalue weighted by Gasteiger charge is -2.26. The second-order valence-corrected chi connectivity index (χ2v) is 8.53. The van der Waals surface area contributed by atoms with Crippen molar-refractivity contribution in [3.63, 3.8) is 0 Å². The van der Waals surface area contributed by atoms with Gasteiger partial charge in [-0.1, -0.05) is 17.8 Å². The van der Waals surface area contributed by atoms with Crippen LogP contribution in [0.2, 0.25) is 0 Å². The second-order valence-electron chi connectivity index (χ2n) is 6.24. The van der Waals surface area contributed by atoms with E-state index >= 15 is 0 Å². The molecule has 0 aromatic carbocycles. The third-order valence-corrected chi connectivity index (χ3v) is 6.41. The molecule has 0 unspecified atom stereocenters. The van der Waals surface area contributed by atoms with E-state index in [1.807, 2.05) is 11.8 Å². The number of nitrogens with zero attached hydrogens (tertiary/aromatic N) is 3. The number of rotatable bonds is 5. The van der Waals surface area contributed by atoms with E-state index in [1.54, 1.807) is 11.3 Å². The van der Waals surface area contributed by atoms with E-state index in [4.69, 9.17) is 0 Å². The van der Waals surface area contributed by atoms with Crippen LogP contribution >= 0.6 is 23.1 Å². The number of thioether (sulfide) groups is 1. The minimum Gasteiger partial charge on any atom is -0.334 e. The summed E-state index contributed by atoms with van der Waals surface area (Å²) in [6, 6.07) is 4.45. The summed E-state index contributed by atoms with van der Waals surface area (Å²) in [5, 5.41) is 9.89. The molecule has 1 aliphatic heterocycles. The Kier molecular flexibility index (Phi) is 4.15. The molecular formula is C16H20N4OS2. The standard InChI is InChI=1S/C16H20N4OS2/c1-10(23-16-17-14(18-19-16)11-6-7-11)15(21)20-8-2-4-12(20)13-5-3-9-22-13/h3,5,9-12H,2,4,6-8H2,1H3,(H,17,18,19)/t10-,12-/m1/s1. The average Bonchev–Trinajstić information content (AvgIpc) is 3.01. The molecule has 7 heteroatoms. The molecular weight excluding hydrogens is 328 g/mol. The van der Waals surface area contributed by atoms with Crippen LogP contribution in [0.1, 0.15) is 55.3 Å². The average molecular weight is 348 g/mol. The molecule has 0 radical (unpaired) electrons. The van der Waals surface area contributed by atoms with Gasteiger partial charge in [0.1, 0.15) is 5.82 Å². The minimum atomic E-state index is -0.154. The lowest BCUT2D eigenvalue weighted by molar-refractivity contribution is -0.131. The molecule has 1 saturated heterocycles. The van der Waals surface area contributed by atoms with Crippen molar-refractivity contribution < 1.29 is 4.79 Å². The first-order chi connectivity index (χ1) is 11.2. The molecule has 2 fully saturated rings. The van der Waals surface area contributed by atoms with Gasteiger partial charge in [0.15, 0.2) is 0 Å². The van der Waals surface area contributed by atoms with Crippen LogP contribution in [0.25, 0.3) is 0 Å². The number of H-pyrrole nitrogens is 1. The number of likely N-dealkylation sites (tertiary alicyclic amines) is 1. The summed E-state index contributed by atoms with van der Waals surface area (Å²) in [6.45, 7) is 2.82. The molecule has 3 heterocycles. The number of amides is 1. The van der Waals surface area contributed by atoms with Crippen molar-refractivity contribution in [3.05, 3.63) is 28.2 Å². The molecule has 2 aromatic heterocycles. The molecule has 1 amide bonds. The van der Waals surface area contributed by atoms with Crippen LogP contribution in [-0.2, 0) is 4.79 Å². The maximum atomic E-state index is 12.9. The van der Waals surface area contributed by atoms with E-state index in [0.29, 0.717) is 11.1 Å². The van der Waals surface area contributed by atoms with Crippen molar-refractivity contribution >= 4 is 29.0 Å². The first-order valence-electron chi connectivity index (χ1n) is 8.15. The molecule has 1 aliphatic carbocycles. The third kappa shape index (κ3) is 3.17. The highest BCUT2D eigenvalue weighted by Crippen LogP contribution is 2.39. The molecule has 1 saturated carbocycles. The van der Waals surface area contributed by atoms with Crippen LogP contribution in [0.5, 0.6) is 0 Å². The Morgan fingerprint density at radius 3 is 3.09 bits per heavy atom. The van der Waals surface area contributed by atoms with E-state index < -0.39 is 0 Å².